The van der Waals surface area contributed by atoms with Crippen LogP contribution in [-0.4, -0.2) is 22.4 Å². The molecule has 3 rings (SSSR count). The summed E-state index contributed by atoms with van der Waals surface area (Å²) in [6.45, 7) is 6.56. The third kappa shape index (κ3) is 5.39. The molecule has 0 fully saturated rings. The quantitative estimate of drug-likeness (QED) is 0.597. The van der Waals surface area contributed by atoms with E-state index in [1.54, 1.807) is 6.07 Å². The molecule has 0 bridgehead atoms. The highest BCUT2D eigenvalue weighted by Gasteiger charge is 2.11. The second-order valence-electron chi connectivity index (χ2n) is 7.01. The molecule has 2 aromatic carbocycles. The molecule has 28 heavy (non-hydrogen) atoms. The predicted molar refractivity (Wildman–Crippen MR) is 113 cm³/mol. The molecule has 2 N–H and O–H groups in total. The number of hydrogen-bond donors (Lipinski definition) is 2. The predicted octanol–water partition coefficient (Wildman–Crippen LogP) is 4.51. The molecule has 0 atom stereocenters. The summed E-state index contributed by atoms with van der Waals surface area (Å²) >= 11 is 0. The zero-order valence-corrected chi connectivity index (χ0v) is 16.6. The largest absolute Gasteiger partial charge is 0.351 e. The maximum absolute atomic E-state index is 12.5. The molecule has 3 aromatic rings. The van der Waals surface area contributed by atoms with E-state index in [1.165, 1.54) is 11.1 Å². The van der Waals surface area contributed by atoms with Crippen LogP contribution in [0.1, 0.15) is 39.3 Å². The Morgan fingerprint density at radius 1 is 0.964 bits per heavy atom. The zero-order valence-electron chi connectivity index (χ0n) is 16.6. The summed E-state index contributed by atoms with van der Waals surface area (Å²) in [5.74, 6) is 0.253. The lowest BCUT2D eigenvalue weighted by atomic mass is 10.1. The molecule has 5 nitrogen and oxygen atoms in total. The number of rotatable bonds is 7. The number of nitrogens with zero attached hydrogens (tertiary/aromatic N) is 2. The molecule has 144 valence electrons. The summed E-state index contributed by atoms with van der Waals surface area (Å²) in [5, 5.41) is 6.17. The van der Waals surface area contributed by atoms with Crippen LogP contribution < -0.4 is 10.6 Å². The summed E-state index contributed by atoms with van der Waals surface area (Å²) in [5.41, 5.74) is 5.64. The van der Waals surface area contributed by atoms with Gasteiger partial charge in [-0.25, -0.2) is 9.97 Å². The first-order valence-electron chi connectivity index (χ1n) is 9.53. The number of benzene rings is 2. The van der Waals surface area contributed by atoms with Crippen molar-refractivity contribution in [3.05, 3.63) is 82.7 Å². The SMILES string of the molecule is Cc1ccc(Nc2nc(C)cc(C(=O)NCCCc3ccccc3)n2)c(C)c1. The molecule has 1 aromatic heterocycles. The lowest BCUT2D eigenvalue weighted by Crippen LogP contribution is -2.26. The van der Waals surface area contributed by atoms with Crippen molar-refractivity contribution in [2.24, 2.45) is 0 Å². The van der Waals surface area contributed by atoms with Crippen LogP contribution in [0.15, 0.2) is 54.6 Å². The lowest BCUT2D eigenvalue weighted by molar-refractivity contribution is 0.0948. The molecular formula is C23H26N4O. The van der Waals surface area contributed by atoms with Crippen molar-refractivity contribution in [1.29, 1.82) is 0 Å². The van der Waals surface area contributed by atoms with Gasteiger partial charge in [0.1, 0.15) is 5.69 Å². The van der Waals surface area contributed by atoms with Crippen molar-refractivity contribution in [2.75, 3.05) is 11.9 Å². The van der Waals surface area contributed by atoms with Gasteiger partial charge in [-0.3, -0.25) is 4.79 Å². The Balaban J connectivity index is 1.61. The Labute approximate surface area is 166 Å². The van der Waals surface area contributed by atoms with E-state index in [0.29, 0.717) is 18.2 Å². The van der Waals surface area contributed by atoms with Crippen molar-refractivity contribution < 1.29 is 4.79 Å². The molecule has 0 spiro atoms. The molecule has 0 saturated carbocycles. The number of carbonyl (C=O) groups excluding carboxylic acids is 1. The van der Waals surface area contributed by atoms with E-state index in [-0.39, 0.29) is 5.91 Å². The van der Waals surface area contributed by atoms with Gasteiger partial charge < -0.3 is 10.6 Å². The first-order chi connectivity index (χ1) is 13.5. The maximum atomic E-state index is 12.5. The smallest absolute Gasteiger partial charge is 0.270 e. The third-order valence-electron chi connectivity index (χ3n) is 4.49. The number of hydrogen-bond acceptors (Lipinski definition) is 4. The highest BCUT2D eigenvalue weighted by atomic mass is 16.1. The summed E-state index contributed by atoms with van der Waals surface area (Å²) in [4.78, 5) is 21.3. The summed E-state index contributed by atoms with van der Waals surface area (Å²) in [7, 11) is 0. The fourth-order valence-electron chi connectivity index (χ4n) is 3.04. The second-order valence-corrected chi connectivity index (χ2v) is 7.01. The highest BCUT2D eigenvalue weighted by Crippen LogP contribution is 2.19. The fourth-order valence-corrected chi connectivity index (χ4v) is 3.04. The average molecular weight is 374 g/mol. The van der Waals surface area contributed by atoms with E-state index >= 15 is 0 Å². The van der Waals surface area contributed by atoms with Crippen LogP contribution in [-0.2, 0) is 6.42 Å². The monoisotopic (exact) mass is 374 g/mol. The second kappa shape index (κ2) is 9.13. The summed E-state index contributed by atoms with van der Waals surface area (Å²) < 4.78 is 0. The number of aryl methyl sites for hydroxylation is 4. The minimum absolute atomic E-state index is 0.178. The van der Waals surface area contributed by atoms with Gasteiger partial charge in [0, 0.05) is 17.9 Å². The number of anilines is 2. The molecule has 0 unspecified atom stereocenters. The van der Waals surface area contributed by atoms with Crippen LogP contribution in [0.2, 0.25) is 0 Å². The normalized spacial score (nSPS) is 10.5. The minimum Gasteiger partial charge on any atom is -0.351 e. The molecule has 0 saturated heterocycles. The van der Waals surface area contributed by atoms with Crippen molar-refractivity contribution in [1.82, 2.24) is 15.3 Å². The fraction of sp³-hybridized carbons (Fsp3) is 0.261. The van der Waals surface area contributed by atoms with E-state index < -0.39 is 0 Å². The van der Waals surface area contributed by atoms with E-state index in [2.05, 4.69) is 45.7 Å². The first-order valence-corrected chi connectivity index (χ1v) is 9.53. The Morgan fingerprint density at radius 3 is 2.50 bits per heavy atom. The summed E-state index contributed by atoms with van der Waals surface area (Å²) in [6.07, 6.45) is 1.82. The molecular weight excluding hydrogens is 348 g/mol. The van der Waals surface area contributed by atoms with Crippen LogP contribution in [0, 0.1) is 20.8 Å². The van der Waals surface area contributed by atoms with Crippen LogP contribution >= 0.6 is 0 Å². The number of nitrogens with one attached hydrogen (secondary N) is 2. The first kappa shape index (κ1) is 19.5. The van der Waals surface area contributed by atoms with Gasteiger partial charge in [0.15, 0.2) is 0 Å². The zero-order chi connectivity index (χ0) is 19.9. The number of carbonyl (C=O) groups is 1. The van der Waals surface area contributed by atoms with Gasteiger partial charge >= 0.3 is 0 Å². The molecule has 0 radical (unpaired) electrons. The molecule has 0 aliphatic rings. The van der Waals surface area contributed by atoms with Crippen molar-refractivity contribution in [3.63, 3.8) is 0 Å². The molecule has 5 heteroatoms. The molecule has 0 aliphatic carbocycles. The maximum Gasteiger partial charge on any atom is 0.270 e. The Hall–Kier alpha value is -3.21. The Morgan fingerprint density at radius 2 is 1.75 bits per heavy atom. The van der Waals surface area contributed by atoms with Gasteiger partial charge in [-0.1, -0.05) is 48.0 Å². The van der Waals surface area contributed by atoms with E-state index in [4.69, 9.17) is 0 Å². The van der Waals surface area contributed by atoms with Crippen LogP contribution in [0.3, 0.4) is 0 Å². The third-order valence-corrected chi connectivity index (χ3v) is 4.49. The Bertz CT molecular complexity index is 954. The molecule has 1 heterocycles. The van der Waals surface area contributed by atoms with E-state index in [1.807, 2.05) is 44.2 Å². The van der Waals surface area contributed by atoms with Gasteiger partial charge in [-0.15, -0.1) is 0 Å². The van der Waals surface area contributed by atoms with Gasteiger partial charge in [0.2, 0.25) is 5.95 Å². The standard InChI is InChI=1S/C23H26N4O/c1-16-11-12-20(17(2)14-16)26-23-25-18(3)15-21(27-23)22(28)24-13-7-10-19-8-5-4-6-9-19/h4-6,8-9,11-12,14-15H,7,10,13H2,1-3H3,(H,24,28)(H,25,26,27). The van der Waals surface area contributed by atoms with E-state index in [9.17, 15) is 4.79 Å². The average Bonchev–Trinajstić information content (AvgIpc) is 2.68. The van der Waals surface area contributed by atoms with Gasteiger partial charge in [-0.2, -0.15) is 0 Å². The van der Waals surface area contributed by atoms with Crippen molar-refractivity contribution >= 4 is 17.5 Å². The minimum atomic E-state index is -0.178. The van der Waals surface area contributed by atoms with Crippen molar-refractivity contribution in [3.8, 4) is 0 Å². The molecule has 1 amide bonds. The number of aromatic nitrogens is 2. The van der Waals surface area contributed by atoms with Crippen LogP contribution in [0.25, 0.3) is 0 Å². The van der Waals surface area contributed by atoms with Crippen molar-refractivity contribution in [2.45, 2.75) is 33.6 Å². The van der Waals surface area contributed by atoms with Gasteiger partial charge in [0.05, 0.1) is 0 Å². The van der Waals surface area contributed by atoms with E-state index in [0.717, 1.165) is 29.8 Å². The number of amides is 1. The topological polar surface area (TPSA) is 66.9 Å². The molecule has 0 aliphatic heterocycles. The van der Waals surface area contributed by atoms with Gasteiger partial charge in [0.25, 0.3) is 5.91 Å². The van der Waals surface area contributed by atoms with Crippen LogP contribution in [0.4, 0.5) is 11.6 Å². The Kier molecular flexibility index (Phi) is 6.37. The lowest BCUT2D eigenvalue weighted by Gasteiger charge is -2.11. The highest BCUT2D eigenvalue weighted by molar-refractivity contribution is 5.92. The van der Waals surface area contributed by atoms with Crippen LogP contribution in [0.5, 0.6) is 0 Å². The summed E-state index contributed by atoms with van der Waals surface area (Å²) in [6, 6.07) is 18.1. The van der Waals surface area contributed by atoms with Gasteiger partial charge in [-0.05, 0) is 56.9 Å².